The average Bonchev–Trinajstić information content (AvgIpc) is 3.31. The van der Waals surface area contributed by atoms with E-state index in [1.807, 2.05) is 24.3 Å². The molecule has 2 amide bonds. The molecular formula is C16H22N2O3. The molecule has 2 aliphatic rings. The number of carbonyl (C=O) groups is 1. The summed E-state index contributed by atoms with van der Waals surface area (Å²) >= 11 is 0. The predicted molar refractivity (Wildman–Crippen MR) is 79.3 cm³/mol. The van der Waals surface area contributed by atoms with Gasteiger partial charge in [0.2, 0.25) is 0 Å². The van der Waals surface area contributed by atoms with Crippen molar-refractivity contribution in [1.29, 1.82) is 0 Å². The summed E-state index contributed by atoms with van der Waals surface area (Å²) in [4.78, 5) is 13.7. The number of para-hydroxylation sites is 1. The van der Waals surface area contributed by atoms with Gasteiger partial charge in [-0.2, -0.15) is 0 Å². The predicted octanol–water partition coefficient (Wildman–Crippen LogP) is 1.40. The Morgan fingerprint density at radius 1 is 1.48 bits per heavy atom. The molecule has 0 aromatic heterocycles. The quantitative estimate of drug-likeness (QED) is 0.881. The Balaban J connectivity index is 1.51. The highest BCUT2D eigenvalue weighted by Crippen LogP contribution is 2.32. The SMILES string of the molecule is CN(CC(O)C1CC1)C(=O)NC1COc2ccccc2C1. The first-order chi connectivity index (χ1) is 10.1. The lowest BCUT2D eigenvalue weighted by atomic mass is 10.0. The van der Waals surface area contributed by atoms with Crippen molar-refractivity contribution < 1.29 is 14.6 Å². The molecule has 0 bridgehead atoms. The summed E-state index contributed by atoms with van der Waals surface area (Å²) in [6.45, 7) is 0.877. The lowest BCUT2D eigenvalue weighted by molar-refractivity contribution is 0.111. The number of aliphatic hydroxyl groups is 1. The second-order valence-corrected chi connectivity index (χ2v) is 6.05. The first-order valence-electron chi connectivity index (χ1n) is 7.54. The Kier molecular flexibility index (Phi) is 4.01. The van der Waals surface area contributed by atoms with E-state index in [1.54, 1.807) is 11.9 Å². The second-order valence-electron chi connectivity index (χ2n) is 6.05. The van der Waals surface area contributed by atoms with Gasteiger partial charge in [0, 0.05) is 13.6 Å². The van der Waals surface area contributed by atoms with Crippen LogP contribution in [0.15, 0.2) is 24.3 Å². The summed E-state index contributed by atoms with van der Waals surface area (Å²) in [5.74, 6) is 1.28. The van der Waals surface area contributed by atoms with Gasteiger partial charge in [0.15, 0.2) is 0 Å². The summed E-state index contributed by atoms with van der Waals surface area (Å²) in [7, 11) is 1.72. The molecule has 1 fully saturated rings. The standard InChI is InChI=1S/C16H22N2O3/c1-18(9-14(19)11-6-7-11)16(20)17-13-8-12-4-2-3-5-15(12)21-10-13/h2-5,11,13-14,19H,6-10H2,1H3,(H,17,20). The lowest BCUT2D eigenvalue weighted by Gasteiger charge is -2.28. The summed E-state index contributed by atoms with van der Waals surface area (Å²) < 4.78 is 5.66. The van der Waals surface area contributed by atoms with Crippen molar-refractivity contribution in [2.45, 2.75) is 31.4 Å². The van der Waals surface area contributed by atoms with Crippen molar-refractivity contribution in [3.8, 4) is 5.75 Å². The van der Waals surface area contributed by atoms with Crippen LogP contribution in [0, 0.1) is 5.92 Å². The number of amides is 2. The zero-order valence-corrected chi connectivity index (χ0v) is 12.3. The lowest BCUT2D eigenvalue weighted by Crippen LogP contribution is -2.49. The zero-order chi connectivity index (χ0) is 14.8. The molecule has 1 aromatic rings. The number of hydrogen-bond acceptors (Lipinski definition) is 3. The summed E-state index contributed by atoms with van der Waals surface area (Å²) in [5, 5.41) is 12.9. The van der Waals surface area contributed by atoms with E-state index in [9.17, 15) is 9.90 Å². The molecule has 114 valence electrons. The van der Waals surface area contributed by atoms with E-state index in [2.05, 4.69) is 5.32 Å². The van der Waals surface area contributed by atoms with E-state index in [4.69, 9.17) is 4.74 Å². The highest BCUT2D eigenvalue weighted by molar-refractivity contribution is 5.74. The fraction of sp³-hybridized carbons (Fsp3) is 0.562. The largest absolute Gasteiger partial charge is 0.491 e. The number of fused-ring (bicyclic) bond motifs is 1. The van der Waals surface area contributed by atoms with Gasteiger partial charge in [-0.25, -0.2) is 4.79 Å². The molecule has 0 radical (unpaired) electrons. The monoisotopic (exact) mass is 290 g/mol. The van der Waals surface area contributed by atoms with Crippen molar-refractivity contribution in [3.05, 3.63) is 29.8 Å². The van der Waals surface area contributed by atoms with E-state index in [-0.39, 0.29) is 12.1 Å². The van der Waals surface area contributed by atoms with Gasteiger partial charge in [-0.15, -0.1) is 0 Å². The van der Waals surface area contributed by atoms with Crippen LogP contribution in [0.4, 0.5) is 4.79 Å². The van der Waals surface area contributed by atoms with Crippen LogP contribution in [0.1, 0.15) is 18.4 Å². The van der Waals surface area contributed by atoms with E-state index in [1.165, 1.54) is 0 Å². The Hall–Kier alpha value is -1.75. The third-order valence-electron chi connectivity index (χ3n) is 4.18. The summed E-state index contributed by atoms with van der Waals surface area (Å²) in [5.41, 5.74) is 1.12. The Bertz CT molecular complexity index is 516. The maximum atomic E-state index is 12.1. The Labute approximate surface area is 124 Å². The molecule has 21 heavy (non-hydrogen) atoms. The second kappa shape index (κ2) is 5.93. The number of urea groups is 1. The van der Waals surface area contributed by atoms with Gasteiger partial charge in [-0.3, -0.25) is 0 Å². The number of benzene rings is 1. The molecule has 0 saturated heterocycles. The molecule has 1 aliphatic carbocycles. The highest BCUT2D eigenvalue weighted by Gasteiger charge is 2.31. The first kappa shape index (κ1) is 14.2. The van der Waals surface area contributed by atoms with E-state index < -0.39 is 6.10 Å². The fourth-order valence-electron chi connectivity index (χ4n) is 2.70. The molecule has 5 heteroatoms. The van der Waals surface area contributed by atoms with Gasteiger partial charge < -0.3 is 20.1 Å². The van der Waals surface area contributed by atoms with Gasteiger partial charge in [-0.1, -0.05) is 18.2 Å². The normalized spacial score (nSPS) is 21.9. The molecule has 5 nitrogen and oxygen atoms in total. The molecule has 0 spiro atoms. The fourth-order valence-corrected chi connectivity index (χ4v) is 2.70. The van der Waals surface area contributed by atoms with Gasteiger partial charge >= 0.3 is 6.03 Å². The van der Waals surface area contributed by atoms with Crippen LogP contribution in [0.5, 0.6) is 5.75 Å². The zero-order valence-electron chi connectivity index (χ0n) is 12.3. The number of nitrogens with zero attached hydrogens (tertiary/aromatic N) is 1. The van der Waals surface area contributed by atoms with Crippen LogP contribution in [0.2, 0.25) is 0 Å². The van der Waals surface area contributed by atoms with Crippen LogP contribution >= 0.6 is 0 Å². The molecular weight excluding hydrogens is 268 g/mol. The van der Waals surface area contributed by atoms with Gasteiger partial charge in [0.1, 0.15) is 12.4 Å². The number of aliphatic hydroxyl groups excluding tert-OH is 1. The topological polar surface area (TPSA) is 61.8 Å². The van der Waals surface area contributed by atoms with Crippen LogP contribution in [-0.2, 0) is 6.42 Å². The van der Waals surface area contributed by atoms with Crippen molar-refractivity contribution in [2.24, 2.45) is 5.92 Å². The van der Waals surface area contributed by atoms with Crippen LogP contribution in [0.25, 0.3) is 0 Å². The van der Waals surface area contributed by atoms with E-state index in [0.717, 1.165) is 30.6 Å². The number of likely N-dealkylation sites (N-methyl/N-ethyl adjacent to an activating group) is 1. The van der Waals surface area contributed by atoms with Gasteiger partial charge in [0.05, 0.1) is 12.1 Å². The maximum absolute atomic E-state index is 12.1. The molecule has 2 atom stereocenters. The number of carbonyl (C=O) groups excluding carboxylic acids is 1. The van der Waals surface area contributed by atoms with Crippen molar-refractivity contribution in [3.63, 3.8) is 0 Å². The minimum atomic E-state index is -0.399. The van der Waals surface area contributed by atoms with Crippen molar-refractivity contribution in [1.82, 2.24) is 10.2 Å². The minimum absolute atomic E-state index is 0.0204. The Morgan fingerprint density at radius 3 is 3.00 bits per heavy atom. The number of nitrogens with one attached hydrogen (secondary N) is 1. The van der Waals surface area contributed by atoms with E-state index in [0.29, 0.717) is 19.1 Å². The molecule has 1 saturated carbocycles. The molecule has 2 unspecified atom stereocenters. The van der Waals surface area contributed by atoms with Crippen LogP contribution in [0.3, 0.4) is 0 Å². The number of hydrogen-bond donors (Lipinski definition) is 2. The Morgan fingerprint density at radius 2 is 2.24 bits per heavy atom. The minimum Gasteiger partial charge on any atom is -0.491 e. The van der Waals surface area contributed by atoms with Gasteiger partial charge in [0.25, 0.3) is 0 Å². The molecule has 2 N–H and O–H groups in total. The molecule has 1 heterocycles. The summed E-state index contributed by atoms with van der Waals surface area (Å²) in [6.07, 6.45) is 2.53. The van der Waals surface area contributed by atoms with Crippen LogP contribution < -0.4 is 10.1 Å². The smallest absolute Gasteiger partial charge is 0.317 e. The molecule has 1 aliphatic heterocycles. The van der Waals surface area contributed by atoms with Gasteiger partial charge in [-0.05, 0) is 36.8 Å². The van der Waals surface area contributed by atoms with Crippen molar-refractivity contribution >= 4 is 6.03 Å². The van der Waals surface area contributed by atoms with Crippen LogP contribution in [-0.4, -0.2) is 48.4 Å². The first-order valence-corrected chi connectivity index (χ1v) is 7.54. The third-order valence-corrected chi connectivity index (χ3v) is 4.18. The number of ether oxygens (including phenoxy) is 1. The highest BCUT2D eigenvalue weighted by atomic mass is 16.5. The third kappa shape index (κ3) is 3.47. The molecule has 3 rings (SSSR count). The molecule has 1 aromatic carbocycles. The maximum Gasteiger partial charge on any atom is 0.317 e. The van der Waals surface area contributed by atoms with Crippen molar-refractivity contribution in [2.75, 3.05) is 20.2 Å². The van der Waals surface area contributed by atoms with E-state index >= 15 is 0 Å². The average molecular weight is 290 g/mol. The summed E-state index contributed by atoms with van der Waals surface area (Å²) in [6, 6.07) is 7.73. The number of rotatable bonds is 4.